The Morgan fingerprint density at radius 1 is 0.418 bits per heavy atom. The van der Waals surface area contributed by atoms with Crippen molar-refractivity contribution in [3.8, 4) is 0 Å². The average molecular weight is 749 g/mol. The quantitative estimate of drug-likeness (QED) is 0.0809. The zero-order chi connectivity index (χ0) is 36.4. The van der Waals surface area contributed by atoms with Crippen molar-refractivity contribution < 1.29 is 0 Å². The maximum Gasteiger partial charge on any atom is 0.0678 e. The molecule has 0 aliphatic carbocycles. The van der Waals surface area contributed by atoms with Gasteiger partial charge in [-0.15, -0.1) is 12.4 Å². The Hall–Kier alpha value is -5.01. The summed E-state index contributed by atoms with van der Waals surface area (Å²) in [7, 11) is 0. The Labute approximate surface area is 331 Å². The fraction of sp³-hybridized carbons (Fsp3) is 0.292. The van der Waals surface area contributed by atoms with Crippen molar-refractivity contribution in [3.05, 3.63) is 156 Å². The molecule has 4 aromatic heterocycles. The molecule has 0 aliphatic rings. The van der Waals surface area contributed by atoms with Crippen molar-refractivity contribution in [2.45, 2.75) is 77.5 Å². The number of pyridine rings is 2. The third kappa shape index (κ3) is 9.28. The van der Waals surface area contributed by atoms with Crippen molar-refractivity contribution in [2.75, 3.05) is 13.1 Å². The molecule has 8 aromatic rings. The minimum absolute atomic E-state index is 0. The summed E-state index contributed by atoms with van der Waals surface area (Å²) in [5.74, 6) is 0. The van der Waals surface area contributed by atoms with Gasteiger partial charge in [-0.05, 0) is 87.0 Å². The second-order valence-electron chi connectivity index (χ2n) is 14.7. The molecule has 0 amide bonds. The molecule has 0 atom stereocenters. The number of hydrogen-bond donors (Lipinski definition) is 2. The molecule has 55 heavy (non-hydrogen) atoms. The first-order valence-electron chi connectivity index (χ1n) is 20.0. The molecule has 0 saturated carbocycles. The van der Waals surface area contributed by atoms with Crippen LogP contribution in [0.2, 0.25) is 0 Å². The van der Waals surface area contributed by atoms with Crippen LogP contribution in [-0.4, -0.2) is 32.2 Å². The summed E-state index contributed by atoms with van der Waals surface area (Å²) in [6.45, 7) is 5.60. The molecule has 7 heteroatoms. The molecule has 4 aromatic carbocycles. The standard InChI is InChI=1S/C48H52N6.ClH/c1(13-27-49-33-39-31-43-41-23-9-11-25-45(41)53(47(43)35-51-39)29-15-21-37-17-5-3-6-18-37)2-14-28-50-34-40-32-44-42-24-10-12-26-46(42)54(48(44)36-52-40)30-16-22-38-19-7-4-8-20-38;/h3-12,17-20,23-26,31-32,35-36,49-50H,1-2,13-16,21-22,27-30,33-34H2;1H. The highest BCUT2D eigenvalue weighted by atomic mass is 35.5. The van der Waals surface area contributed by atoms with E-state index in [1.165, 1.54) is 80.4 Å². The van der Waals surface area contributed by atoms with E-state index in [0.29, 0.717) is 0 Å². The Balaban J connectivity index is 0.00000465. The molecule has 0 aliphatic heterocycles. The first-order chi connectivity index (χ1) is 26.8. The van der Waals surface area contributed by atoms with E-state index in [1.807, 2.05) is 0 Å². The lowest BCUT2D eigenvalue weighted by molar-refractivity contribution is 0.559. The van der Waals surface area contributed by atoms with Crippen LogP contribution in [0.25, 0.3) is 43.6 Å². The number of rotatable bonds is 19. The van der Waals surface area contributed by atoms with E-state index in [0.717, 1.165) is 76.3 Å². The third-order valence-electron chi connectivity index (χ3n) is 10.9. The lowest BCUT2D eigenvalue weighted by atomic mass is 10.1. The van der Waals surface area contributed by atoms with Gasteiger partial charge in [-0.1, -0.05) is 110 Å². The van der Waals surface area contributed by atoms with Gasteiger partial charge in [-0.2, -0.15) is 0 Å². The first kappa shape index (κ1) is 38.3. The number of benzene rings is 4. The van der Waals surface area contributed by atoms with Gasteiger partial charge in [0.05, 0.1) is 34.8 Å². The van der Waals surface area contributed by atoms with E-state index in [4.69, 9.17) is 9.97 Å². The molecular weight excluding hydrogens is 696 g/mol. The molecular formula is C48H53ClN6. The number of para-hydroxylation sites is 2. The highest BCUT2D eigenvalue weighted by molar-refractivity contribution is 6.08. The molecule has 2 N–H and O–H groups in total. The van der Waals surface area contributed by atoms with Gasteiger partial charge in [-0.25, -0.2) is 0 Å². The van der Waals surface area contributed by atoms with Gasteiger partial charge in [0.2, 0.25) is 0 Å². The van der Waals surface area contributed by atoms with E-state index < -0.39 is 0 Å². The van der Waals surface area contributed by atoms with Crippen LogP contribution in [0.4, 0.5) is 0 Å². The number of aromatic nitrogens is 4. The van der Waals surface area contributed by atoms with Gasteiger partial charge in [0.1, 0.15) is 0 Å². The summed E-state index contributed by atoms with van der Waals surface area (Å²) in [5.41, 5.74) is 10.1. The topological polar surface area (TPSA) is 59.7 Å². The fourth-order valence-corrected chi connectivity index (χ4v) is 8.11. The van der Waals surface area contributed by atoms with Gasteiger partial charge in [0.25, 0.3) is 0 Å². The molecule has 0 fully saturated rings. The Morgan fingerprint density at radius 2 is 0.836 bits per heavy atom. The molecule has 8 rings (SSSR count). The molecule has 0 radical (unpaired) electrons. The number of unbranched alkanes of at least 4 members (excludes halogenated alkanes) is 3. The Bertz CT molecular complexity index is 2250. The summed E-state index contributed by atoms with van der Waals surface area (Å²) in [5, 5.41) is 12.5. The van der Waals surface area contributed by atoms with Crippen molar-refractivity contribution in [3.63, 3.8) is 0 Å². The molecule has 0 unspecified atom stereocenters. The number of aryl methyl sites for hydroxylation is 4. The van der Waals surface area contributed by atoms with Gasteiger partial charge in [0.15, 0.2) is 0 Å². The smallest absolute Gasteiger partial charge is 0.0678 e. The van der Waals surface area contributed by atoms with Crippen LogP contribution in [0.3, 0.4) is 0 Å². The minimum Gasteiger partial charge on any atom is -0.339 e. The molecule has 4 heterocycles. The van der Waals surface area contributed by atoms with Gasteiger partial charge in [0, 0.05) is 58.8 Å². The van der Waals surface area contributed by atoms with Crippen molar-refractivity contribution in [1.29, 1.82) is 0 Å². The molecule has 6 nitrogen and oxygen atoms in total. The second kappa shape index (κ2) is 19.0. The van der Waals surface area contributed by atoms with E-state index >= 15 is 0 Å². The predicted octanol–water partition coefficient (Wildman–Crippen LogP) is 10.8. The van der Waals surface area contributed by atoms with Crippen LogP contribution >= 0.6 is 12.4 Å². The first-order valence-corrected chi connectivity index (χ1v) is 20.0. The van der Waals surface area contributed by atoms with Gasteiger partial charge < -0.3 is 19.8 Å². The molecule has 0 bridgehead atoms. The van der Waals surface area contributed by atoms with Crippen LogP contribution < -0.4 is 10.6 Å². The Kier molecular flexibility index (Phi) is 13.2. The SMILES string of the molecule is Cl.c1ccc(CCCn2c3ccccc3c3cc(CNCCCCCCNCc4cc5c6ccccc6n(CCCc6ccccc6)c5cn4)ncc32)cc1. The van der Waals surface area contributed by atoms with Crippen LogP contribution in [0.1, 0.15) is 61.0 Å². The van der Waals surface area contributed by atoms with Crippen molar-refractivity contribution in [2.24, 2.45) is 0 Å². The number of nitrogens with zero attached hydrogens (tertiary/aromatic N) is 4. The number of nitrogens with one attached hydrogen (secondary N) is 2. The average Bonchev–Trinajstić information content (AvgIpc) is 3.71. The minimum atomic E-state index is 0. The van der Waals surface area contributed by atoms with Gasteiger partial charge in [-0.3, -0.25) is 9.97 Å². The zero-order valence-electron chi connectivity index (χ0n) is 31.8. The molecule has 0 saturated heterocycles. The second-order valence-corrected chi connectivity index (χ2v) is 14.7. The monoisotopic (exact) mass is 748 g/mol. The summed E-state index contributed by atoms with van der Waals surface area (Å²) < 4.78 is 4.91. The maximum absolute atomic E-state index is 4.88. The highest BCUT2D eigenvalue weighted by Gasteiger charge is 2.13. The lowest BCUT2D eigenvalue weighted by Crippen LogP contribution is -2.16. The Morgan fingerprint density at radius 3 is 1.29 bits per heavy atom. The zero-order valence-corrected chi connectivity index (χ0v) is 32.6. The predicted molar refractivity (Wildman–Crippen MR) is 233 cm³/mol. The van der Waals surface area contributed by atoms with Crippen LogP contribution in [-0.2, 0) is 39.0 Å². The highest BCUT2D eigenvalue weighted by Crippen LogP contribution is 2.31. The van der Waals surface area contributed by atoms with Crippen LogP contribution in [0, 0.1) is 0 Å². The summed E-state index contributed by atoms with van der Waals surface area (Å²) in [6.07, 6.45) is 13.4. The van der Waals surface area contributed by atoms with E-state index in [9.17, 15) is 0 Å². The number of halogens is 1. The number of fused-ring (bicyclic) bond motifs is 6. The maximum atomic E-state index is 4.88. The van der Waals surface area contributed by atoms with Gasteiger partial charge >= 0.3 is 0 Å². The summed E-state index contributed by atoms with van der Waals surface area (Å²) in [4.78, 5) is 9.76. The van der Waals surface area contributed by atoms with E-state index in [2.05, 4.69) is 153 Å². The van der Waals surface area contributed by atoms with Crippen LogP contribution in [0.15, 0.2) is 134 Å². The van der Waals surface area contributed by atoms with Crippen molar-refractivity contribution in [1.82, 2.24) is 29.7 Å². The summed E-state index contributed by atoms with van der Waals surface area (Å²) >= 11 is 0. The lowest BCUT2D eigenvalue weighted by Gasteiger charge is -2.09. The number of hydrogen-bond acceptors (Lipinski definition) is 4. The third-order valence-corrected chi connectivity index (χ3v) is 10.9. The molecule has 0 spiro atoms. The van der Waals surface area contributed by atoms with E-state index in [-0.39, 0.29) is 12.4 Å². The van der Waals surface area contributed by atoms with E-state index in [1.54, 1.807) is 0 Å². The fourth-order valence-electron chi connectivity index (χ4n) is 8.11. The molecule has 282 valence electrons. The normalized spacial score (nSPS) is 11.6. The summed E-state index contributed by atoms with van der Waals surface area (Å²) in [6, 6.07) is 43.7. The van der Waals surface area contributed by atoms with Crippen molar-refractivity contribution >= 4 is 56.0 Å². The van der Waals surface area contributed by atoms with Crippen LogP contribution in [0.5, 0.6) is 0 Å². The largest absolute Gasteiger partial charge is 0.339 e.